The van der Waals surface area contributed by atoms with Crippen LogP contribution in [0.1, 0.15) is 20.8 Å². The quantitative estimate of drug-likeness (QED) is 0.841. The molecule has 2 heterocycles. The predicted molar refractivity (Wildman–Crippen MR) is 75.3 cm³/mol. The molecule has 19 heavy (non-hydrogen) atoms. The molecule has 0 aliphatic heterocycles. The van der Waals surface area contributed by atoms with Gasteiger partial charge < -0.3 is 4.90 Å². The third-order valence-electron chi connectivity index (χ3n) is 2.89. The van der Waals surface area contributed by atoms with Crippen molar-refractivity contribution in [3.8, 4) is 11.5 Å². The SMILES string of the molecule is CCN(CC)c1nc(Cl)nc(-c2ccnn2CC)n1. The number of hydrogen-bond acceptors (Lipinski definition) is 5. The van der Waals surface area contributed by atoms with Crippen molar-refractivity contribution in [2.45, 2.75) is 27.3 Å². The first-order valence-corrected chi connectivity index (χ1v) is 6.76. The monoisotopic (exact) mass is 280 g/mol. The Bertz CT molecular complexity index is 549. The second-order valence-corrected chi connectivity index (χ2v) is 4.27. The van der Waals surface area contributed by atoms with Crippen LogP contribution < -0.4 is 4.90 Å². The minimum atomic E-state index is 0.204. The van der Waals surface area contributed by atoms with Gasteiger partial charge in [-0.15, -0.1) is 0 Å². The molecule has 2 aromatic rings. The first-order chi connectivity index (χ1) is 9.19. The Kier molecular flexibility index (Phi) is 4.31. The summed E-state index contributed by atoms with van der Waals surface area (Å²) in [7, 11) is 0. The second kappa shape index (κ2) is 5.97. The van der Waals surface area contributed by atoms with Crippen LogP contribution in [0.4, 0.5) is 5.95 Å². The number of rotatable bonds is 5. The molecule has 0 aliphatic rings. The molecule has 0 atom stereocenters. The number of aryl methyl sites for hydroxylation is 1. The van der Waals surface area contributed by atoms with Crippen LogP contribution in [0.5, 0.6) is 0 Å². The molecule has 0 amide bonds. The fourth-order valence-electron chi connectivity index (χ4n) is 1.88. The van der Waals surface area contributed by atoms with Crippen molar-refractivity contribution >= 4 is 17.5 Å². The van der Waals surface area contributed by atoms with Gasteiger partial charge in [0.15, 0.2) is 5.82 Å². The molecule has 0 saturated heterocycles. The maximum atomic E-state index is 6.00. The van der Waals surface area contributed by atoms with Gasteiger partial charge in [0.05, 0.1) is 0 Å². The molecule has 0 fully saturated rings. The highest BCUT2D eigenvalue weighted by molar-refractivity contribution is 6.28. The Morgan fingerprint density at radius 2 is 1.89 bits per heavy atom. The van der Waals surface area contributed by atoms with Crippen LogP contribution >= 0.6 is 11.6 Å². The zero-order chi connectivity index (χ0) is 13.8. The van der Waals surface area contributed by atoms with Gasteiger partial charge in [-0.1, -0.05) is 0 Å². The Morgan fingerprint density at radius 1 is 1.16 bits per heavy atom. The summed E-state index contributed by atoms with van der Waals surface area (Å²) in [5, 5.41) is 4.42. The molecule has 0 saturated carbocycles. The van der Waals surface area contributed by atoms with E-state index in [1.165, 1.54) is 0 Å². The van der Waals surface area contributed by atoms with Crippen LogP contribution in [0.2, 0.25) is 5.28 Å². The Balaban J connectivity index is 2.47. The predicted octanol–water partition coefficient (Wildman–Crippen LogP) is 2.25. The molecule has 6 nitrogen and oxygen atoms in total. The number of halogens is 1. The summed E-state index contributed by atoms with van der Waals surface area (Å²) in [6, 6.07) is 1.88. The molecule has 2 aromatic heterocycles. The van der Waals surface area contributed by atoms with Crippen molar-refractivity contribution in [1.29, 1.82) is 0 Å². The van der Waals surface area contributed by atoms with E-state index >= 15 is 0 Å². The van der Waals surface area contributed by atoms with Gasteiger partial charge in [-0.2, -0.15) is 20.1 Å². The lowest BCUT2D eigenvalue weighted by molar-refractivity contribution is 0.663. The highest BCUT2D eigenvalue weighted by Crippen LogP contribution is 2.19. The largest absolute Gasteiger partial charge is 0.341 e. The van der Waals surface area contributed by atoms with Crippen LogP contribution in [-0.4, -0.2) is 37.8 Å². The van der Waals surface area contributed by atoms with Crippen molar-refractivity contribution in [2.75, 3.05) is 18.0 Å². The van der Waals surface area contributed by atoms with E-state index in [1.54, 1.807) is 6.20 Å². The standard InChI is InChI=1S/C12H17ClN6/c1-4-18(5-2)12-16-10(15-11(13)17-12)9-7-8-14-19(9)6-3/h7-8H,4-6H2,1-3H3. The summed E-state index contributed by atoms with van der Waals surface area (Å²) in [5.41, 5.74) is 0.847. The minimum absolute atomic E-state index is 0.204. The van der Waals surface area contributed by atoms with Gasteiger partial charge in [0.1, 0.15) is 5.69 Å². The Morgan fingerprint density at radius 3 is 2.53 bits per heavy atom. The molecular weight excluding hydrogens is 264 g/mol. The van der Waals surface area contributed by atoms with Crippen LogP contribution in [0.3, 0.4) is 0 Å². The van der Waals surface area contributed by atoms with Gasteiger partial charge in [-0.25, -0.2) is 0 Å². The fraction of sp³-hybridized carbons (Fsp3) is 0.500. The highest BCUT2D eigenvalue weighted by Gasteiger charge is 2.14. The molecule has 2 rings (SSSR count). The van der Waals surface area contributed by atoms with E-state index in [2.05, 4.69) is 33.9 Å². The summed E-state index contributed by atoms with van der Waals surface area (Å²) in [4.78, 5) is 14.9. The lowest BCUT2D eigenvalue weighted by Gasteiger charge is -2.18. The van der Waals surface area contributed by atoms with Gasteiger partial charge in [-0.3, -0.25) is 4.68 Å². The molecule has 0 aliphatic carbocycles. The third kappa shape index (κ3) is 2.84. The molecule has 7 heteroatoms. The average molecular weight is 281 g/mol. The van der Waals surface area contributed by atoms with Crippen molar-refractivity contribution in [3.05, 3.63) is 17.5 Å². The fourth-order valence-corrected chi connectivity index (χ4v) is 2.03. The van der Waals surface area contributed by atoms with Gasteiger partial charge in [0.2, 0.25) is 11.2 Å². The highest BCUT2D eigenvalue weighted by atomic mass is 35.5. The second-order valence-electron chi connectivity index (χ2n) is 3.93. The summed E-state index contributed by atoms with van der Waals surface area (Å²) in [6.07, 6.45) is 1.73. The molecule has 0 aromatic carbocycles. The van der Waals surface area contributed by atoms with E-state index in [0.717, 1.165) is 25.3 Å². The zero-order valence-electron chi connectivity index (χ0n) is 11.3. The number of nitrogens with zero attached hydrogens (tertiary/aromatic N) is 6. The van der Waals surface area contributed by atoms with E-state index < -0.39 is 0 Å². The maximum absolute atomic E-state index is 6.00. The van der Waals surface area contributed by atoms with E-state index in [0.29, 0.717) is 11.8 Å². The molecule has 102 valence electrons. The summed E-state index contributed by atoms with van der Waals surface area (Å²) in [6.45, 7) is 8.53. The molecule has 0 bridgehead atoms. The van der Waals surface area contributed by atoms with Crippen molar-refractivity contribution in [1.82, 2.24) is 24.7 Å². The van der Waals surface area contributed by atoms with Crippen molar-refractivity contribution < 1.29 is 0 Å². The number of hydrogen-bond donors (Lipinski definition) is 0. The van der Waals surface area contributed by atoms with Gasteiger partial charge in [-0.05, 0) is 38.4 Å². The van der Waals surface area contributed by atoms with Gasteiger partial charge >= 0.3 is 0 Å². The molecule has 0 unspecified atom stereocenters. The Hall–Kier alpha value is -1.69. The van der Waals surface area contributed by atoms with E-state index in [-0.39, 0.29) is 5.28 Å². The maximum Gasteiger partial charge on any atom is 0.230 e. The van der Waals surface area contributed by atoms with Gasteiger partial charge in [0, 0.05) is 25.8 Å². The number of anilines is 1. The van der Waals surface area contributed by atoms with Crippen LogP contribution in [0.25, 0.3) is 11.5 Å². The van der Waals surface area contributed by atoms with E-state index in [4.69, 9.17) is 11.6 Å². The van der Waals surface area contributed by atoms with Crippen LogP contribution in [0.15, 0.2) is 12.3 Å². The summed E-state index contributed by atoms with van der Waals surface area (Å²) in [5.74, 6) is 1.16. The van der Waals surface area contributed by atoms with E-state index in [1.807, 2.05) is 22.6 Å². The summed E-state index contributed by atoms with van der Waals surface area (Å²) >= 11 is 6.00. The van der Waals surface area contributed by atoms with Gasteiger partial charge in [0.25, 0.3) is 0 Å². The molecule has 0 radical (unpaired) electrons. The first kappa shape index (κ1) is 13.7. The lowest BCUT2D eigenvalue weighted by atomic mass is 10.4. The third-order valence-corrected chi connectivity index (χ3v) is 3.06. The van der Waals surface area contributed by atoms with E-state index in [9.17, 15) is 0 Å². The average Bonchev–Trinajstić information content (AvgIpc) is 2.88. The molecule has 0 spiro atoms. The van der Waals surface area contributed by atoms with Crippen molar-refractivity contribution in [3.63, 3.8) is 0 Å². The first-order valence-electron chi connectivity index (χ1n) is 6.38. The van der Waals surface area contributed by atoms with Crippen LogP contribution in [-0.2, 0) is 6.54 Å². The topological polar surface area (TPSA) is 59.7 Å². The molecule has 0 N–H and O–H groups in total. The normalized spacial score (nSPS) is 10.7. The smallest absolute Gasteiger partial charge is 0.230 e. The van der Waals surface area contributed by atoms with Crippen molar-refractivity contribution in [2.24, 2.45) is 0 Å². The number of aromatic nitrogens is 5. The zero-order valence-corrected chi connectivity index (χ0v) is 12.1. The summed E-state index contributed by atoms with van der Waals surface area (Å²) < 4.78 is 1.83. The Labute approximate surface area is 117 Å². The lowest BCUT2D eigenvalue weighted by Crippen LogP contribution is -2.24. The van der Waals surface area contributed by atoms with Crippen LogP contribution in [0, 0.1) is 0 Å². The minimum Gasteiger partial charge on any atom is -0.341 e. The molecular formula is C12H17ClN6.